The molecule has 0 aromatic heterocycles. The highest BCUT2D eigenvalue weighted by Gasteiger charge is 2.02. The van der Waals surface area contributed by atoms with Gasteiger partial charge in [-0.1, -0.05) is 30.3 Å². The summed E-state index contributed by atoms with van der Waals surface area (Å²) in [7, 11) is 0. The van der Waals surface area contributed by atoms with E-state index in [1.165, 1.54) is 12.1 Å². The molecule has 0 radical (unpaired) electrons. The van der Waals surface area contributed by atoms with Crippen LogP contribution in [0.25, 0.3) is 0 Å². The Hall–Kier alpha value is -2.62. The number of carboxylic acid groups (broad SMARTS) is 1. The summed E-state index contributed by atoms with van der Waals surface area (Å²) < 4.78 is 5.50. The van der Waals surface area contributed by atoms with Crippen molar-refractivity contribution in [3.8, 4) is 5.75 Å². The van der Waals surface area contributed by atoms with E-state index in [1.807, 2.05) is 0 Å². The standard InChI is InChI=1S/C15H12O4/c16-9-13-5-1-2-7-14(13)19-10-11-4-3-6-12(8-11)15(17)18/h1-9H,10H2,(H,17,18)/p-1. The Kier molecular flexibility index (Phi) is 3.93. The van der Waals surface area contributed by atoms with Gasteiger partial charge in [0, 0.05) is 0 Å². The number of carbonyl (C=O) groups excluding carboxylic acids is 2. The van der Waals surface area contributed by atoms with Crippen molar-refractivity contribution in [2.75, 3.05) is 0 Å². The van der Waals surface area contributed by atoms with E-state index in [1.54, 1.807) is 36.4 Å². The molecule has 0 amide bonds. The number of benzene rings is 2. The molecule has 0 bridgehead atoms. The van der Waals surface area contributed by atoms with E-state index in [4.69, 9.17) is 4.74 Å². The van der Waals surface area contributed by atoms with Crippen molar-refractivity contribution in [3.63, 3.8) is 0 Å². The lowest BCUT2D eigenvalue weighted by Crippen LogP contribution is -2.22. The van der Waals surface area contributed by atoms with Gasteiger partial charge in [-0.05, 0) is 29.3 Å². The Morgan fingerprint density at radius 3 is 2.68 bits per heavy atom. The Morgan fingerprint density at radius 1 is 1.16 bits per heavy atom. The number of hydrogen-bond donors (Lipinski definition) is 0. The summed E-state index contributed by atoms with van der Waals surface area (Å²) >= 11 is 0. The molecule has 0 unspecified atom stereocenters. The zero-order valence-electron chi connectivity index (χ0n) is 10.0. The Bertz CT molecular complexity index is 605. The average molecular weight is 255 g/mol. The lowest BCUT2D eigenvalue weighted by Gasteiger charge is -2.09. The highest BCUT2D eigenvalue weighted by Crippen LogP contribution is 2.17. The van der Waals surface area contributed by atoms with Gasteiger partial charge in [0.05, 0.1) is 11.5 Å². The molecule has 0 spiro atoms. The topological polar surface area (TPSA) is 66.4 Å². The van der Waals surface area contributed by atoms with E-state index in [2.05, 4.69) is 0 Å². The van der Waals surface area contributed by atoms with Gasteiger partial charge in [0.25, 0.3) is 0 Å². The molecule has 0 N–H and O–H groups in total. The number of rotatable bonds is 5. The molecule has 96 valence electrons. The highest BCUT2D eigenvalue weighted by molar-refractivity contribution is 5.85. The zero-order valence-corrected chi connectivity index (χ0v) is 10.0. The summed E-state index contributed by atoms with van der Waals surface area (Å²) in [4.78, 5) is 21.5. The van der Waals surface area contributed by atoms with E-state index >= 15 is 0 Å². The highest BCUT2D eigenvalue weighted by atomic mass is 16.5. The minimum absolute atomic E-state index is 0.102. The molecule has 0 aliphatic heterocycles. The zero-order chi connectivity index (χ0) is 13.7. The van der Waals surface area contributed by atoms with Crippen molar-refractivity contribution in [1.29, 1.82) is 0 Å². The van der Waals surface area contributed by atoms with Crippen molar-refractivity contribution in [2.45, 2.75) is 6.61 Å². The van der Waals surface area contributed by atoms with Crippen molar-refractivity contribution in [2.24, 2.45) is 0 Å². The molecular formula is C15H11O4-. The van der Waals surface area contributed by atoms with E-state index in [-0.39, 0.29) is 12.2 Å². The molecule has 2 aromatic rings. The maximum absolute atomic E-state index is 10.8. The van der Waals surface area contributed by atoms with Gasteiger partial charge in [-0.25, -0.2) is 0 Å². The number of carboxylic acids is 1. The summed E-state index contributed by atoms with van der Waals surface area (Å²) in [6.45, 7) is 0.186. The molecule has 2 aromatic carbocycles. The van der Waals surface area contributed by atoms with Crippen LogP contribution in [0.15, 0.2) is 48.5 Å². The number of para-hydroxylation sites is 1. The molecule has 0 aliphatic rings. The van der Waals surface area contributed by atoms with E-state index in [9.17, 15) is 14.7 Å². The van der Waals surface area contributed by atoms with Gasteiger partial charge < -0.3 is 14.6 Å². The van der Waals surface area contributed by atoms with Crippen molar-refractivity contribution in [3.05, 3.63) is 65.2 Å². The number of aldehydes is 1. The fourth-order valence-electron chi connectivity index (χ4n) is 1.66. The van der Waals surface area contributed by atoms with Crippen LogP contribution in [0.1, 0.15) is 26.3 Å². The third kappa shape index (κ3) is 3.19. The first-order valence-corrected chi connectivity index (χ1v) is 5.68. The number of aromatic carboxylic acids is 1. The molecule has 0 saturated carbocycles. The van der Waals surface area contributed by atoms with E-state index in [0.717, 1.165) is 0 Å². The maximum Gasteiger partial charge on any atom is 0.153 e. The summed E-state index contributed by atoms with van der Waals surface area (Å²) in [5.74, 6) is -0.758. The average Bonchev–Trinajstić information content (AvgIpc) is 2.45. The van der Waals surface area contributed by atoms with Crippen LogP contribution in [0, 0.1) is 0 Å². The van der Waals surface area contributed by atoms with Crippen LogP contribution in [0.2, 0.25) is 0 Å². The first kappa shape index (κ1) is 12.8. The normalized spacial score (nSPS) is 9.89. The fourth-order valence-corrected chi connectivity index (χ4v) is 1.66. The summed E-state index contributed by atoms with van der Waals surface area (Å²) in [6, 6.07) is 13.2. The lowest BCUT2D eigenvalue weighted by atomic mass is 10.1. The summed E-state index contributed by atoms with van der Waals surface area (Å²) in [5, 5.41) is 10.7. The molecule has 4 heteroatoms. The molecule has 19 heavy (non-hydrogen) atoms. The summed E-state index contributed by atoms with van der Waals surface area (Å²) in [5.41, 5.74) is 1.26. The maximum atomic E-state index is 10.8. The third-order valence-electron chi connectivity index (χ3n) is 2.60. The molecule has 2 rings (SSSR count). The second kappa shape index (κ2) is 5.82. The van der Waals surface area contributed by atoms with Gasteiger partial charge >= 0.3 is 0 Å². The SMILES string of the molecule is O=Cc1ccccc1OCc1cccc(C(=O)[O-])c1. The predicted molar refractivity (Wildman–Crippen MR) is 66.9 cm³/mol. The largest absolute Gasteiger partial charge is 0.545 e. The van der Waals surface area contributed by atoms with Crippen LogP contribution in [-0.2, 0) is 6.61 Å². The van der Waals surface area contributed by atoms with Gasteiger partial charge in [-0.15, -0.1) is 0 Å². The van der Waals surface area contributed by atoms with Gasteiger partial charge in [-0.3, -0.25) is 4.79 Å². The van der Waals surface area contributed by atoms with Crippen LogP contribution in [0.5, 0.6) is 5.75 Å². The molecule has 0 fully saturated rings. The van der Waals surface area contributed by atoms with Gasteiger partial charge in [0.1, 0.15) is 12.4 Å². The predicted octanol–water partition coefficient (Wildman–Crippen LogP) is 1.44. The van der Waals surface area contributed by atoms with E-state index in [0.29, 0.717) is 23.2 Å². The number of carbonyl (C=O) groups is 2. The Balaban J connectivity index is 2.12. The second-order valence-electron chi connectivity index (χ2n) is 3.93. The van der Waals surface area contributed by atoms with Crippen LogP contribution >= 0.6 is 0 Å². The Labute approximate surface area is 110 Å². The van der Waals surface area contributed by atoms with E-state index < -0.39 is 5.97 Å². The first-order chi connectivity index (χ1) is 9.20. The van der Waals surface area contributed by atoms with Crippen LogP contribution in [-0.4, -0.2) is 12.3 Å². The van der Waals surface area contributed by atoms with Crippen LogP contribution in [0.3, 0.4) is 0 Å². The Morgan fingerprint density at radius 2 is 1.95 bits per heavy atom. The first-order valence-electron chi connectivity index (χ1n) is 5.68. The number of ether oxygens (including phenoxy) is 1. The summed E-state index contributed by atoms with van der Waals surface area (Å²) in [6.07, 6.45) is 0.715. The second-order valence-corrected chi connectivity index (χ2v) is 3.93. The lowest BCUT2D eigenvalue weighted by molar-refractivity contribution is -0.255. The molecular weight excluding hydrogens is 244 g/mol. The molecule has 0 aliphatic carbocycles. The molecule has 0 heterocycles. The van der Waals surface area contributed by atoms with Gasteiger partial charge in [0.15, 0.2) is 6.29 Å². The minimum atomic E-state index is -1.23. The fraction of sp³-hybridized carbons (Fsp3) is 0.0667. The third-order valence-corrected chi connectivity index (χ3v) is 2.60. The van der Waals surface area contributed by atoms with Crippen LogP contribution in [0.4, 0.5) is 0 Å². The smallest absolute Gasteiger partial charge is 0.153 e. The van der Waals surface area contributed by atoms with Gasteiger partial charge in [-0.2, -0.15) is 0 Å². The van der Waals surface area contributed by atoms with Crippen molar-refractivity contribution >= 4 is 12.3 Å². The van der Waals surface area contributed by atoms with Crippen molar-refractivity contribution < 1.29 is 19.4 Å². The minimum Gasteiger partial charge on any atom is -0.545 e. The van der Waals surface area contributed by atoms with Gasteiger partial charge in [0.2, 0.25) is 0 Å². The molecule has 0 saturated heterocycles. The van der Waals surface area contributed by atoms with Crippen molar-refractivity contribution in [1.82, 2.24) is 0 Å². The van der Waals surface area contributed by atoms with Crippen LogP contribution < -0.4 is 9.84 Å². The molecule has 0 atom stereocenters. The quantitative estimate of drug-likeness (QED) is 0.758. The monoisotopic (exact) mass is 255 g/mol. The molecule has 4 nitrogen and oxygen atoms in total. The number of hydrogen-bond acceptors (Lipinski definition) is 4.